The van der Waals surface area contributed by atoms with Crippen LogP contribution in [-0.2, 0) is 16.1 Å². The zero-order valence-electron chi connectivity index (χ0n) is 27.9. The third-order valence-electron chi connectivity index (χ3n) is 9.40. The molecule has 0 bridgehead atoms. The van der Waals surface area contributed by atoms with Gasteiger partial charge in [-0.3, -0.25) is 19.3 Å². The number of nitrogens with two attached hydrogens (primary N) is 1. The number of nitrogens with one attached hydrogen (secondary N) is 1. The maximum Gasteiger partial charge on any atom is 0.243 e. The molecule has 1 aromatic heterocycles. The van der Waals surface area contributed by atoms with Crippen LogP contribution in [0.4, 0.5) is 5.69 Å². The van der Waals surface area contributed by atoms with E-state index in [9.17, 15) is 19.5 Å². The van der Waals surface area contributed by atoms with Crippen molar-refractivity contribution in [1.29, 1.82) is 0 Å². The van der Waals surface area contributed by atoms with E-state index in [4.69, 9.17) is 5.73 Å². The summed E-state index contributed by atoms with van der Waals surface area (Å²) in [7, 11) is 0. The molecule has 2 aromatic carbocycles. The number of aryl methyl sites for hydroxylation is 1. The molecule has 47 heavy (non-hydrogen) atoms. The van der Waals surface area contributed by atoms with Gasteiger partial charge in [0.25, 0.3) is 0 Å². The topological polar surface area (TPSA) is 132 Å². The van der Waals surface area contributed by atoms with Gasteiger partial charge >= 0.3 is 0 Å². The van der Waals surface area contributed by atoms with Crippen molar-refractivity contribution in [2.45, 2.75) is 59.2 Å². The van der Waals surface area contributed by atoms with Crippen molar-refractivity contribution >= 4 is 34.6 Å². The van der Waals surface area contributed by atoms with Gasteiger partial charge in [0.05, 0.1) is 28.1 Å². The predicted molar refractivity (Wildman–Crippen MR) is 186 cm³/mol. The molecule has 2 aliphatic heterocycles. The van der Waals surface area contributed by atoms with Crippen molar-refractivity contribution in [3.63, 3.8) is 0 Å². The van der Waals surface area contributed by atoms with Crippen LogP contribution in [-0.4, -0.2) is 95.4 Å². The number of carbonyl (C=O) groups excluding carboxylic acids is 3. The Hall–Kier alpha value is -3.64. The lowest BCUT2D eigenvalue weighted by atomic mass is 9.76. The molecular weight excluding hydrogens is 613 g/mol. The van der Waals surface area contributed by atoms with Gasteiger partial charge in [0.2, 0.25) is 11.8 Å². The summed E-state index contributed by atoms with van der Waals surface area (Å²) >= 11 is 1.59. The molecule has 2 aliphatic rings. The molecule has 10 nitrogen and oxygen atoms in total. The van der Waals surface area contributed by atoms with E-state index in [0.717, 1.165) is 60.1 Å². The number of thiazole rings is 1. The van der Waals surface area contributed by atoms with Crippen LogP contribution in [0.3, 0.4) is 0 Å². The van der Waals surface area contributed by atoms with Crippen LogP contribution in [0.5, 0.6) is 0 Å². The van der Waals surface area contributed by atoms with Crippen molar-refractivity contribution in [3.8, 4) is 10.4 Å². The van der Waals surface area contributed by atoms with Crippen molar-refractivity contribution in [2.24, 2.45) is 17.1 Å². The summed E-state index contributed by atoms with van der Waals surface area (Å²) in [6.07, 6.45) is -0.627. The van der Waals surface area contributed by atoms with Crippen molar-refractivity contribution in [2.75, 3.05) is 50.7 Å². The summed E-state index contributed by atoms with van der Waals surface area (Å²) in [4.78, 5) is 52.6. The van der Waals surface area contributed by atoms with Gasteiger partial charge in [-0.2, -0.15) is 0 Å². The molecular formula is C36H48N6O4S. The fraction of sp³-hybridized carbons (Fsp3) is 0.500. The first-order chi connectivity index (χ1) is 22.4. The largest absolute Gasteiger partial charge is 0.391 e. The normalized spacial score (nSPS) is 19.5. The van der Waals surface area contributed by atoms with E-state index in [-0.39, 0.29) is 37.0 Å². The molecule has 2 amide bonds. The Labute approximate surface area is 282 Å². The lowest BCUT2D eigenvalue weighted by molar-refractivity contribution is -0.144. The fourth-order valence-electron chi connectivity index (χ4n) is 6.50. The average molecular weight is 661 g/mol. The second kappa shape index (κ2) is 15.1. The van der Waals surface area contributed by atoms with Gasteiger partial charge in [0, 0.05) is 76.5 Å². The Bertz CT molecular complexity index is 1530. The van der Waals surface area contributed by atoms with Crippen molar-refractivity contribution < 1.29 is 19.5 Å². The lowest BCUT2D eigenvalue weighted by Gasteiger charge is -2.36. The van der Waals surface area contributed by atoms with Crippen LogP contribution >= 0.6 is 11.3 Å². The zero-order chi connectivity index (χ0) is 33.7. The molecule has 2 saturated heterocycles. The number of β-amino-alcohol motifs (C(OH)–C–C–N with tert-alkyl or cyclic N) is 1. The molecule has 0 radical (unpaired) electrons. The number of aliphatic hydroxyl groups is 1. The number of amides is 2. The molecule has 0 unspecified atom stereocenters. The van der Waals surface area contributed by atoms with E-state index in [2.05, 4.69) is 20.1 Å². The van der Waals surface area contributed by atoms with Crippen molar-refractivity contribution in [1.82, 2.24) is 20.1 Å². The van der Waals surface area contributed by atoms with E-state index < -0.39 is 23.5 Å². The molecule has 0 saturated carbocycles. The minimum atomic E-state index is -0.808. The number of carbonyl (C=O) groups is 3. The van der Waals surface area contributed by atoms with Gasteiger partial charge < -0.3 is 26.0 Å². The van der Waals surface area contributed by atoms with Crippen LogP contribution < -0.4 is 16.0 Å². The molecule has 2 fully saturated rings. The first-order valence-corrected chi connectivity index (χ1v) is 17.4. The van der Waals surface area contributed by atoms with E-state index in [1.54, 1.807) is 11.3 Å². The summed E-state index contributed by atoms with van der Waals surface area (Å²) in [5.41, 5.74) is 11.6. The Morgan fingerprint density at radius 1 is 1.04 bits per heavy atom. The minimum absolute atomic E-state index is 0.0198. The van der Waals surface area contributed by atoms with Crippen LogP contribution in [0.1, 0.15) is 55.2 Å². The van der Waals surface area contributed by atoms with Gasteiger partial charge in [-0.05, 0) is 47.7 Å². The van der Waals surface area contributed by atoms with E-state index in [1.165, 1.54) is 4.90 Å². The molecule has 5 rings (SSSR count). The third-order valence-corrected chi connectivity index (χ3v) is 10.4. The standard InChI is InChI=1S/C36H48N6O4S/c1-24-33(47-23-39-24)27-7-5-25(6-8-27)21-38-34(45)31-19-29(43)22-42(31)35(46)30(36(2,3)4)20-32(44)26-9-11-28(12-10-26)41-17-15-40(14-13-37)16-18-41/h5-12,23,29-31,43H,13-22,37H2,1-4H3,(H,38,45)/t29-,30-,31+/m1/s1. The summed E-state index contributed by atoms with van der Waals surface area (Å²) in [5.74, 6) is -1.36. The molecule has 3 heterocycles. The number of rotatable bonds is 11. The molecule has 3 aromatic rings. The minimum Gasteiger partial charge on any atom is -0.391 e. The van der Waals surface area contributed by atoms with E-state index >= 15 is 0 Å². The van der Waals surface area contributed by atoms with Gasteiger partial charge in [0.1, 0.15) is 6.04 Å². The van der Waals surface area contributed by atoms with Gasteiger partial charge in [-0.25, -0.2) is 4.98 Å². The Kier molecular flexibility index (Phi) is 11.1. The van der Waals surface area contributed by atoms with Gasteiger partial charge in [-0.1, -0.05) is 45.0 Å². The third kappa shape index (κ3) is 8.45. The number of piperazine rings is 1. The quantitative estimate of drug-likeness (QED) is 0.266. The summed E-state index contributed by atoms with van der Waals surface area (Å²) in [6.45, 7) is 13.5. The zero-order valence-corrected chi connectivity index (χ0v) is 28.8. The molecule has 252 valence electrons. The number of aliphatic hydroxyl groups excluding tert-OH is 1. The van der Waals surface area contributed by atoms with Crippen molar-refractivity contribution in [3.05, 3.63) is 70.9 Å². The maximum absolute atomic E-state index is 14.1. The van der Waals surface area contributed by atoms with Crippen LogP contribution in [0.15, 0.2) is 54.0 Å². The second-order valence-corrected chi connectivity index (χ2v) is 14.6. The maximum atomic E-state index is 14.1. The van der Waals surface area contributed by atoms with E-state index in [1.807, 2.05) is 81.7 Å². The van der Waals surface area contributed by atoms with E-state index in [0.29, 0.717) is 18.7 Å². The lowest BCUT2D eigenvalue weighted by Crippen LogP contribution is -2.50. The molecule has 3 atom stereocenters. The molecule has 4 N–H and O–H groups in total. The fourth-order valence-corrected chi connectivity index (χ4v) is 7.32. The highest BCUT2D eigenvalue weighted by atomic mass is 32.1. The van der Waals surface area contributed by atoms with Crippen LogP contribution in [0, 0.1) is 18.3 Å². The average Bonchev–Trinajstić information content (AvgIpc) is 3.67. The predicted octanol–water partition coefficient (Wildman–Crippen LogP) is 3.71. The number of hydrogen-bond donors (Lipinski definition) is 3. The summed E-state index contributed by atoms with van der Waals surface area (Å²) < 4.78 is 0. The Morgan fingerprint density at radius 3 is 2.32 bits per heavy atom. The number of Topliss-reactive ketones (excluding diaryl/α,β-unsaturated/α-hetero) is 1. The Balaban J connectivity index is 1.21. The number of likely N-dealkylation sites (tertiary alicyclic amines) is 1. The van der Waals surface area contributed by atoms with Gasteiger partial charge in [-0.15, -0.1) is 11.3 Å². The van der Waals surface area contributed by atoms with Crippen LogP contribution in [0.2, 0.25) is 0 Å². The second-order valence-electron chi connectivity index (χ2n) is 13.8. The Morgan fingerprint density at radius 2 is 1.72 bits per heavy atom. The monoisotopic (exact) mass is 660 g/mol. The first-order valence-electron chi connectivity index (χ1n) is 16.5. The summed E-state index contributed by atoms with van der Waals surface area (Å²) in [5, 5.41) is 13.5. The highest BCUT2D eigenvalue weighted by Crippen LogP contribution is 2.34. The number of aromatic nitrogens is 1. The number of nitrogens with zero attached hydrogens (tertiary/aromatic N) is 4. The van der Waals surface area contributed by atoms with Gasteiger partial charge in [0.15, 0.2) is 5.78 Å². The molecule has 0 aliphatic carbocycles. The van der Waals surface area contributed by atoms with Crippen LogP contribution in [0.25, 0.3) is 10.4 Å². The number of anilines is 1. The molecule has 0 spiro atoms. The molecule has 11 heteroatoms. The highest BCUT2D eigenvalue weighted by Gasteiger charge is 2.44. The highest BCUT2D eigenvalue weighted by molar-refractivity contribution is 7.13. The SMILES string of the molecule is Cc1ncsc1-c1ccc(CNC(=O)[C@@H]2C[C@@H](O)CN2C(=O)[C@@H](CC(=O)c2ccc(N3CCN(CCN)CC3)cc2)C(C)(C)C)cc1. The number of hydrogen-bond acceptors (Lipinski definition) is 9. The smallest absolute Gasteiger partial charge is 0.243 e. The first kappa shape index (κ1) is 34.7. The number of ketones is 1. The number of benzene rings is 2. The summed E-state index contributed by atoms with van der Waals surface area (Å²) in [6, 6.07) is 14.8.